The topological polar surface area (TPSA) is 89.8 Å². The summed E-state index contributed by atoms with van der Waals surface area (Å²) in [4.78, 5) is 36.7. The Morgan fingerprint density at radius 3 is 2.50 bits per heavy atom. The molecule has 0 bridgehead atoms. The van der Waals surface area contributed by atoms with Crippen LogP contribution in [0.4, 0.5) is 4.79 Å². The predicted octanol–water partition coefficient (Wildman–Crippen LogP) is 3.65. The van der Waals surface area contributed by atoms with Crippen LogP contribution in [-0.2, 0) is 9.53 Å². The Morgan fingerprint density at radius 2 is 1.96 bits per heavy atom. The Bertz CT molecular complexity index is 681. The molecule has 0 radical (unpaired) electrons. The summed E-state index contributed by atoms with van der Waals surface area (Å²) in [6.45, 7) is 7.62. The van der Waals surface area contributed by atoms with Crippen LogP contribution in [0.15, 0.2) is 18.2 Å². The van der Waals surface area contributed by atoms with Crippen LogP contribution in [0.2, 0.25) is 0 Å². The van der Waals surface area contributed by atoms with Crippen LogP contribution in [0.25, 0.3) is 0 Å². The van der Waals surface area contributed by atoms with Gasteiger partial charge in [-0.1, -0.05) is 32.0 Å². The van der Waals surface area contributed by atoms with E-state index in [0.717, 1.165) is 21.6 Å². The molecule has 142 valence electrons. The van der Waals surface area contributed by atoms with Gasteiger partial charge in [0.15, 0.2) is 0 Å². The van der Waals surface area contributed by atoms with Gasteiger partial charge >= 0.3 is 6.09 Å². The van der Waals surface area contributed by atoms with Gasteiger partial charge in [-0.25, -0.2) is 9.69 Å². The minimum absolute atomic E-state index is 0.0321. The van der Waals surface area contributed by atoms with Crippen LogP contribution in [0.5, 0.6) is 0 Å². The fraction of sp³-hybridized carbons (Fsp3) is 0.579. The second kappa shape index (κ2) is 8.29. The summed E-state index contributed by atoms with van der Waals surface area (Å²) >= 11 is 0. The van der Waals surface area contributed by atoms with E-state index >= 15 is 0 Å². The largest absolute Gasteiger partial charge is 0.446 e. The molecule has 1 aliphatic rings. The minimum Gasteiger partial charge on any atom is -0.446 e. The molecule has 7 heteroatoms. The van der Waals surface area contributed by atoms with E-state index < -0.39 is 28.9 Å². The lowest BCUT2D eigenvalue weighted by Gasteiger charge is -2.24. The summed E-state index contributed by atoms with van der Waals surface area (Å²) in [6.07, 6.45) is -0.147. The average molecular weight is 362 g/mol. The molecule has 0 aliphatic carbocycles. The molecule has 1 aromatic carbocycles. The van der Waals surface area contributed by atoms with Gasteiger partial charge in [-0.05, 0) is 42.9 Å². The van der Waals surface area contributed by atoms with E-state index in [1.807, 2.05) is 45.9 Å². The van der Waals surface area contributed by atoms with E-state index in [1.165, 1.54) is 0 Å². The summed E-state index contributed by atoms with van der Waals surface area (Å²) in [6, 6.07) is 5.31. The summed E-state index contributed by atoms with van der Waals surface area (Å²) in [5.74, 6) is -0.579. The first-order valence-corrected chi connectivity index (χ1v) is 8.87. The lowest BCUT2D eigenvalue weighted by Crippen LogP contribution is -2.37. The highest BCUT2D eigenvalue weighted by Crippen LogP contribution is 2.33. The monoisotopic (exact) mass is 362 g/mol. The number of carbonyl (C=O) groups is 2. The fourth-order valence-corrected chi connectivity index (χ4v) is 3.71. The number of ether oxygens (including phenoxy) is 1. The van der Waals surface area contributed by atoms with Crippen molar-refractivity contribution in [2.24, 2.45) is 11.8 Å². The second-order valence-corrected chi connectivity index (χ2v) is 7.38. The summed E-state index contributed by atoms with van der Waals surface area (Å²) in [5, 5.41) is 10.9. The van der Waals surface area contributed by atoms with Crippen molar-refractivity contribution in [1.29, 1.82) is 0 Å². The van der Waals surface area contributed by atoms with Gasteiger partial charge in [0.1, 0.15) is 12.6 Å². The van der Waals surface area contributed by atoms with Crippen molar-refractivity contribution < 1.29 is 19.2 Å². The normalized spacial score (nSPS) is 18.1. The van der Waals surface area contributed by atoms with Gasteiger partial charge in [-0.2, -0.15) is 0 Å². The van der Waals surface area contributed by atoms with Crippen molar-refractivity contribution in [3.8, 4) is 0 Å². The zero-order valence-electron chi connectivity index (χ0n) is 15.7. The number of hydrogen-bond donors (Lipinski definition) is 0. The highest BCUT2D eigenvalue weighted by molar-refractivity contribution is 5.94. The van der Waals surface area contributed by atoms with Crippen molar-refractivity contribution in [2.75, 3.05) is 13.2 Å². The fourth-order valence-electron chi connectivity index (χ4n) is 3.71. The Morgan fingerprint density at radius 1 is 1.35 bits per heavy atom. The number of nitrogens with zero attached hydrogens (tertiary/aromatic N) is 2. The molecule has 2 atom stereocenters. The maximum atomic E-state index is 12.8. The van der Waals surface area contributed by atoms with Crippen molar-refractivity contribution in [1.82, 2.24) is 4.90 Å². The van der Waals surface area contributed by atoms with Gasteiger partial charge in [0.05, 0.1) is 0 Å². The first-order chi connectivity index (χ1) is 12.2. The number of carbonyl (C=O) groups excluding carboxylic acids is 2. The van der Waals surface area contributed by atoms with Crippen LogP contribution >= 0.6 is 0 Å². The lowest BCUT2D eigenvalue weighted by molar-refractivity contribution is -0.488. The van der Waals surface area contributed by atoms with Crippen molar-refractivity contribution in [3.63, 3.8) is 0 Å². The number of benzene rings is 1. The van der Waals surface area contributed by atoms with Crippen LogP contribution in [0, 0.1) is 35.8 Å². The number of imide groups is 1. The van der Waals surface area contributed by atoms with Gasteiger partial charge < -0.3 is 4.74 Å². The molecule has 1 aromatic rings. The van der Waals surface area contributed by atoms with Crippen LogP contribution in [0.3, 0.4) is 0 Å². The number of amides is 2. The molecule has 2 amide bonds. The summed E-state index contributed by atoms with van der Waals surface area (Å²) < 4.78 is 5.14. The third-order valence-corrected chi connectivity index (χ3v) is 4.69. The van der Waals surface area contributed by atoms with Crippen LogP contribution < -0.4 is 0 Å². The zero-order chi connectivity index (χ0) is 19.4. The summed E-state index contributed by atoms with van der Waals surface area (Å²) in [7, 11) is 0. The molecule has 1 saturated heterocycles. The van der Waals surface area contributed by atoms with E-state index in [1.54, 1.807) is 0 Å². The minimum atomic E-state index is -0.674. The predicted molar refractivity (Wildman–Crippen MR) is 96.3 cm³/mol. The molecule has 1 fully saturated rings. The Kier molecular flexibility index (Phi) is 6.34. The second-order valence-electron chi connectivity index (χ2n) is 7.38. The lowest BCUT2D eigenvalue weighted by atomic mass is 9.92. The third-order valence-electron chi connectivity index (χ3n) is 4.69. The Balaban J connectivity index is 2.24. The standard InChI is InChI=1S/C19H26N2O5/c1-12(2)8-15(10-20(24)25)9-17(22)21-16(11-26-19(21)23)18-13(3)6-5-7-14(18)4/h5-7,12,15-16H,8-11H2,1-4H3/t15-,16-/m0/s1. The highest BCUT2D eigenvalue weighted by Gasteiger charge is 2.41. The molecule has 1 aliphatic heterocycles. The van der Waals surface area contributed by atoms with Crippen LogP contribution in [-0.4, -0.2) is 35.0 Å². The molecule has 26 heavy (non-hydrogen) atoms. The van der Waals surface area contributed by atoms with Crippen molar-refractivity contribution in [2.45, 2.75) is 46.6 Å². The molecular weight excluding hydrogens is 336 g/mol. The average Bonchev–Trinajstić information content (AvgIpc) is 2.87. The van der Waals surface area contributed by atoms with Gasteiger partial charge in [-0.3, -0.25) is 14.9 Å². The first kappa shape index (κ1) is 19.9. The van der Waals surface area contributed by atoms with Gasteiger partial charge in [-0.15, -0.1) is 0 Å². The summed E-state index contributed by atoms with van der Waals surface area (Å²) in [5.41, 5.74) is 2.87. The number of aryl methyl sites for hydroxylation is 2. The van der Waals surface area contributed by atoms with E-state index in [2.05, 4.69) is 0 Å². The number of cyclic esters (lactones) is 1. The Labute approximate surface area is 153 Å². The molecule has 2 rings (SSSR count). The number of rotatable bonds is 7. The van der Waals surface area contributed by atoms with Gasteiger partial charge in [0, 0.05) is 17.3 Å². The SMILES string of the molecule is Cc1cccc(C)c1[C@@H]1COC(=O)N1C(=O)C[C@H](CC(C)C)C[N+](=O)[O-]. The van der Waals surface area contributed by atoms with E-state index in [0.29, 0.717) is 6.42 Å². The molecule has 0 saturated carbocycles. The Hall–Kier alpha value is -2.44. The maximum absolute atomic E-state index is 12.8. The first-order valence-electron chi connectivity index (χ1n) is 8.87. The molecule has 0 aromatic heterocycles. The van der Waals surface area contributed by atoms with Crippen molar-refractivity contribution >= 4 is 12.0 Å². The highest BCUT2D eigenvalue weighted by atomic mass is 16.6. The molecule has 1 heterocycles. The van der Waals surface area contributed by atoms with Gasteiger partial charge in [0.2, 0.25) is 12.5 Å². The van der Waals surface area contributed by atoms with E-state index in [-0.39, 0.29) is 25.5 Å². The van der Waals surface area contributed by atoms with E-state index in [4.69, 9.17) is 4.74 Å². The molecule has 7 nitrogen and oxygen atoms in total. The molecule has 0 unspecified atom stereocenters. The third kappa shape index (κ3) is 4.59. The van der Waals surface area contributed by atoms with Crippen LogP contribution in [0.1, 0.15) is 49.4 Å². The smallest absolute Gasteiger partial charge is 0.417 e. The van der Waals surface area contributed by atoms with Crippen molar-refractivity contribution in [3.05, 3.63) is 45.0 Å². The molecule has 0 N–H and O–H groups in total. The van der Waals surface area contributed by atoms with Gasteiger partial charge in [0.25, 0.3) is 0 Å². The number of hydrogen-bond acceptors (Lipinski definition) is 5. The molecular formula is C19H26N2O5. The maximum Gasteiger partial charge on any atom is 0.417 e. The van der Waals surface area contributed by atoms with E-state index in [9.17, 15) is 19.7 Å². The molecule has 0 spiro atoms. The number of nitro groups is 1. The zero-order valence-corrected chi connectivity index (χ0v) is 15.7. The quantitative estimate of drug-likeness (QED) is 0.545.